The summed E-state index contributed by atoms with van der Waals surface area (Å²) in [5, 5.41) is 4.27. The van der Waals surface area contributed by atoms with Gasteiger partial charge in [-0.1, -0.05) is 48.5 Å². The highest BCUT2D eigenvalue weighted by atomic mass is 32.1. The van der Waals surface area contributed by atoms with E-state index in [2.05, 4.69) is 41.7 Å². The summed E-state index contributed by atoms with van der Waals surface area (Å²) in [4.78, 5) is 13.2. The Balaban J connectivity index is 1.49. The molecule has 3 aromatic rings. The zero-order valence-electron chi connectivity index (χ0n) is 12.2. The maximum Gasteiger partial charge on any atom is 0.261 e. The van der Waals surface area contributed by atoms with Crippen molar-refractivity contribution >= 4 is 27.3 Å². The average molecular weight is 307 g/mol. The first-order chi connectivity index (χ1) is 10.8. The van der Waals surface area contributed by atoms with Crippen LogP contribution in [0.4, 0.5) is 0 Å². The van der Waals surface area contributed by atoms with Crippen LogP contribution in [0.25, 0.3) is 10.1 Å². The van der Waals surface area contributed by atoms with E-state index in [1.54, 1.807) is 11.3 Å². The van der Waals surface area contributed by atoms with Gasteiger partial charge in [-0.25, -0.2) is 0 Å². The second-order valence-corrected chi connectivity index (χ2v) is 7.06. The molecule has 110 valence electrons. The number of rotatable bonds is 4. The van der Waals surface area contributed by atoms with Gasteiger partial charge in [0.25, 0.3) is 5.91 Å². The second kappa shape index (κ2) is 5.25. The molecule has 0 aliphatic heterocycles. The summed E-state index contributed by atoms with van der Waals surface area (Å²) < 4.78 is 1.16. The quantitative estimate of drug-likeness (QED) is 0.762. The Kier molecular flexibility index (Phi) is 3.23. The van der Waals surface area contributed by atoms with Crippen LogP contribution in [0.3, 0.4) is 0 Å². The van der Waals surface area contributed by atoms with Crippen molar-refractivity contribution in [1.29, 1.82) is 0 Å². The summed E-state index contributed by atoms with van der Waals surface area (Å²) in [6.07, 6.45) is 2.31. The monoisotopic (exact) mass is 307 g/mol. The molecule has 1 amide bonds. The SMILES string of the molecule is O=C(NCC1(c2ccccc2)CC1)c1cc2ccccc2s1. The second-order valence-electron chi connectivity index (χ2n) is 5.98. The van der Waals surface area contributed by atoms with Crippen LogP contribution in [0.1, 0.15) is 28.1 Å². The van der Waals surface area contributed by atoms with Gasteiger partial charge in [-0.2, -0.15) is 0 Å². The van der Waals surface area contributed by atoms with E-state index in [9.17, 15) is 4.79 Å². The molecule has 1 aromatic heterocycles. The van der Waals surface area contributed by atoms with Crippen LogP contribution in [0, 0.1) is 0 Å². The predicted molar refractivity (Wildman–Crippen MR) is 91.5 cm³/mol. The minimum atomic E-state index is 0.0448. The van der Waals surface area contributed by atoms with Crippen molar-refractivity contribution < 1.29 is 4.79 Å². The van der Waals surface area contributed by atoms with E-state index in [-0.39, 0.29) is 11.3 Å². The molecule has 1 fully saturated rings. The average Bonchev–Trinajstić information content (AvgIpc) is 3.24. The molecule has 3 heteroatoms. The van der Waals surface area contributed by atoms with Gasteiger partial charge in [-0.3, -0.25) is 4.79 Å². The smallest absolute Gasteiger partial charge is 0.261 e. The van der Waals surface area contributed by atoms with Gasteiger partial charge in [0, 0.05) is 16.7 Å². The van der Waals surface area contributed by atoms with Gasteiger partial charge < -0.3 is 5.32 Å². The third kappa shape index (κ3) is 2.42. The zero-order valence-corrected chi connectivity index (χ0v) is 13.0. The van der Waals surface area contributed by atoms with Gasteiger partial charge in [0.1, 0.15) is 0 Å². The van der Waals surface area contributed by atoms with Crippen molar-refractivity contribution in [2.75, 3.05) is 6.54 Å². The van der Waals surface area contributed by atoms with Crippen molar-refractivity contribution in [1.82, 2.24) is 5.32 Å². The van der Waals surface area contributed by atoms with Crippen molar-refractivity contribution in [2.45, 2.75) is 18.3 Å². The molecule has 0 saturated heterocycles. The van der Waals surface area contributed by atoms with Crippen molar-refractivity contribution in [3.05, 3.63) is 71.1 Å². The van der Waals surface area contributed by atoms with Crippen molar-refractivity contribution in [2.24, 2.45) is 0 Å². The first kappa shape index (κ1) is 13.5. The van der Waals surface area contributed by atoms with Crippen molar-refractivity contribution in [3.8, 4) is 0 Å². The lowest BCUT2D eigenvalue weighted by molar-refractivity contribution is 0.0954. The molecule has 4 rings (SSSR count). The maximum atomic E-state index is 12.4. The van der Waals surface area contributed by atoms with E-state index in [4.69, 9.17) is 0 Å². The Morgan fingerprint density at radius 3 is 2.50 bits per heavy atom. The Labute approximate surface area is 133 Å². The molecule has 1 N–H and O–H groups in total. The fourth-order valence-electron chi connectivity index (χ4n) is 2.94. The number of fused-ring (bicyclic) bond motifs is 1. The molecule has 0 unspecified atom stereocenters. The number of amides is 1. The largest absolute Gasteiger partial charge is 0.350 e. The van der Waals surface area contributed by atoms with Gasteiger partial charge in [0.2, 0.25) is 0 Å². The minimum Gasteiger partial charge on any atom is -0.350 e. The molecule has 2 nitrogen and oxygen atoms in total. The molecule has 1 aliphatic carbocycles. The summed E-state index contributed by atoms with van der Waals surface area (Å²) in [6.45, 7) is 0.726. The lowest BCUT2D eigenvalue weighted by Gasteiger charge is -2.16. The molecule has 2 aromatic carbocycles. The summed E-state index contributed by atoms with van der Waals surface area (Å²) in [5.41, 5.74) is 1.50. The van der Waals surface area contributed by atoms with E-state index < -0.39 is 0 Å². The van der Waals surface area contributed by atoms with Crippen LogP contribution in [0.15, 0.2) is 60.7 Å². The molecule has 1 saturated carbocycles. The lowest BCUT2D eigenvalue weighted by atomic mass is 9.96. The Bertz CT molecular complexity index is 785. The van der Waals surface area contributed by atoms with Gasteiger partial charge in [0.15, 0.2) is 0 Å². The predicted octanol–water partition coefficient (Wildman–Crippen LogP) is 4.36. The van der Waals surface area contributed by atoms with Crippen LogP contribution in [-0.4, -0.2) is 12.5 Å². The number of hydrogen-bond donors (Lipinski definition) is 1. The summed E-state index contributed by atoms with van der Waals surface area (Å²) in [6, 6.07) is 20.6. The number of carbonyl (C=O) groups excluding carboxylic acids is 1. The number of nitrogens with one attached hydrogen (secondary N) is 1. The summed E-state index contributed by atoms with van der Waals surface area (Å²) >= 11 is 1.56. The van der Waals surface area contributed by atoms with E-state index in [1.807, 2.05) is 24.3 Å². The van der Waals surface area contributed by atoms with E-state index in [0.717, 1.165) is 34.3 Å². The molecule has 0 spiro atoms. The first-order valence-corrected chi connectivity index (χ1v) is 8.41. The maximum absolute atomic E-state index is 12.4. The van der Waals surface area contributed by atoms with Gasteiger partial charge in [-0.05, 0) is 35.9 Å². The van der Waals surface area contributed by atoms with E-state index >= 15 is 0 Å². The number of hydrogen-bond acceptors (Lipinski definition) is 2. The zero-order chi connectivity index (χ0) is 15.0. The lowest BCUT2D eigenvalue weighted by Crippen LogP contribution is -2.31. The molecule has 1 heterocycles. The highest BCUT2D eigenvalue weighted by Gasteiger charge is 2.44. The van der Waals surface area contributed by atoms with Crippen LogP contribution in [0.5, 0.6) is 0 Å². The van der Waals surface area contributed by atoms with Gasteiger partial charge in [0.05, 0.1) is 4.88 Å². The Morgan fingerprint density at radius 2 is 1.77 bits per heavy atom. The highest BCUT2D eigenvalue weighted by molar-refractivity contribution is 7.20. The fraction of sp³-hybridized carbons (Fsp3) is 0.211. The minimum absolute atomic E-state index is 0.0448. The van der Waals surface area contributed by atoms with Crippen LogP contribution < -0.4 is 5.32 Å². The van der Waals surface area contributed by atoms with Crippen LogP contribution in [0.2, 0.25) is 0 Å². The van der Waals surface area contributed by atoms with E-state index in [0.29, 0.717) is 0 Å². The number of carbonyl (C=O) groups is 1. The first-order valence-electron chi connectivity index (χ1n) is 7.59. The van der Waals surface area contributed by atoms with E-state index in [1.165, 1.54) is 5.56 Å². The van der Waals surface area contributed by atoms with Crippen LogP contribution in [-0.2, 0) is 5.41 Å². The third-order valence-electron chi connectivity index (χ3n) is 4.48. The fourth-order valence-corrected chi connectivity index (χ4v) is 3.92. The molecule has 0 bridgehead atoms. The molecule has 0 radical (unpaired) electrons. The molecule has 22 heavy (non-hydrogen) atoms. The number of thiophene rings is 1. The summed E-state index contributed by atoms with van der Waals surface area (Å²) in [5.74, 6) is 0.0448. The molecule has 1 aliphatic rings. The molecular weight excluding hydrogens is 290 g/mol. The standard InChI is InChI=1S/C19H17NOS/c21-18(17-12-14-6-4-5-9-16(14)22-17)20-13-19(10-11-19)15-7-2-1-3-8-15/h1-9,12H,10-11,13H2,(H,20,21). The normalized spacial score (nSPS) is 15.6. The van der Waals surface area contributed by atoms with Crippen molar-refractivity contribution in [3.63, 3.8) is 0 Å². The topological polar surface area (TPSA) is 29.1 Å². The summed E-state index contributed by atoms with van der Waals surface area (Å²) in [7, 11) is 0. The van der Waals surface area contributed by atoms with Crippen LogP contribution >= 0.6 is 11.3 Å². The number of benzene rings is 2. The third-order valence-corrected chi connectivity index (χ3v) is 5.59. The van der Waals surface area contributed by atoms with Gasteiger partial charge in [-0.15, -0.1) is 11.3 Å². The molecular formula is C19H17NOS. The molecule has 0 atom stereocenters. The Morgan fingerprint density at radius 1 is 1.05 bits per heavy atom. The Hall–Kier alpha value is -2.13. The van der Waals surface area contributed by atoms with Gasteiger partial charge >= 0.3 is 0 Å². The highest BCUT2D eigenvalue weighted by Crippen LogP contribution is 2.47.